The second-order valence-corrected chi connectivity index (χ2v) is 16.0. The number of H-pyrrole nitrogens is 1. The fourth-order valence-corrected chi connectivity index (χ4v) is 8.37. The molecule has 0 radical (unpaired) electrons. The highest BCUT2D eigenvalue weighted by atomic mass is 32.7. The number of fused-ring (bicyclic) bond motifs is 5. The number of aliphatic hydroxyl groups is 2. The van der Waals surface area contributed by atoms with Crippen LogP contribution in [0.5, 0.6) is 0 Å². The van der Waals surface area contributed by atoms with Gasteiger partial charge in [-0.1, -0.05) is 24.5 Å². The fourth-order valence-electron chi connectivity index (χ4n) is 5.42. The van der Waals surface area contributed by atoms with Crippen LogP contribution in [0, 0.1) is 0 Å². The number of nitrogens with one attached hydrogen (secondary N) is 1. The quantitative estimate of drug-likeness (QED) is 0.108. The monoisotopic (exact) mass is 705 g/mol. The molecule has 2 bridgehead atoms. The molecule has 7 N–H and O–H groups in total. The van der Waals surface area contributed by atoms with Gasteiger partial charge in [-0.15, -0.1) is 0 Å². The van der Waals surface area contributed by atoms with Gasteiger partial charge >= 0.3 is 13.6 Å². The van der Waals surface area contributed by atoms with Crippen LogP contribution in [0.1, 0.15) is 12.5 Å². The first-order chi connectivity index (χ1) is 21.3. The predicted molar refractivity (Wildman–Crippen MR) is 159 cm³/mol. The molecule has 7 rings (SSSR count). The molecule has 24 heteroatoms. The molecule has 3 fully saturated rings. The largest absolute Gasteiger partial charge is 0.387 e. The molecule has 4 aromatic heterocycles. The van der Waals surface area contributed by atoms with Crippen molar-refractivity contribution in [3.63, 3.8) is 0 Å². The van der Waals surface area contributed by atoms with Crippen LogP contribution in [0.2, 0.25) is 0 Å². The van der Waals surface area contributed by atoms with Gasteiger partial charge in [0.15, 0.2) is 23.8 Å². The van der Waals surface area contributed by atoms with E-state index in [1.807, 2.05) is 0 Å². The van der Waals surface area contributed by atoms with Crippen LogP contribution in [0.15, 0.2) is 29.6 Å². The average Bonchev–Trinajstić information content (AvgIpc) is 3.72. The van der Waals surface area contributed by atoms with Crippen LogP contribution < -0.4 is 17.0 Å². The number of rotatable bonds is 2. The molecule has 4 aromatic rings. The zero-order valence-corrected chi connectivity index (χ0v) is 26.1. The van der Waals surface area contributed by atoms with Gasteiger partial charge in [0.1, 0.15) is 48.8 Å². The Morgan fingerprint density at radius 2 is 1.62 bits per heavy atom. The smallest absolute Gasteiger partial charge is 0.386 e. The van der Waals surface area contributed by atoms with E-state index in [9.17, 15) is 24.1 Å². The maximum Gasteiger partial charge on any atom is 0.386 e. The lowest BCUT2D eigenvalue weighted by molar-refractivity contribution is -0.0601. The van der Waals surface area contributed by atoms with Crippen molar-refractivity contribution in [3.05, 3.63) is 35.1 Å². The van der Waals surface area contributed by atoms with Gasteiger partial charge in [0.25, 0.3) is 5.56 Å². The van der Waals surface area contributed by atoms with Crippen LogP contribution >= 0.6 is 38.1 Å². The Labute approximate surface area is 261 Å². The Morgan fingerprint density at radius 1 is 0.933 bits per heavy atom. The van der Waals surface area contributed by atoms with Crippen LogP contribution in [0.4, 0.5) is 11.8 Å². The number of thiol groups is 2. The van der Waals surface area contributed by atoms with Crippen molar-refractivity contribution in [3.8, 4) is 0 Å². The van der Waals surface area contributed by atoms with Crippen molar-refractivity contribution < 1.29 is 46.9 Å². The highest BCUT2D eigenvalue weighted by Crippen LogP contribution is 2.60. The molecule has 7 heterocycles. The summed E-state index contributed by atoms with van der Waals surface area (Å²) < 4.78 is 63.8. The van der Waals surface area contributed by atoms with E-state index in [1.54, 1.807) is 0 Å². The van der Waals surface area contributed by atoms with Crippen LogP contribution in [0.3, 0.4) is 0 Å². The molecule has 242 valence electrons. The minimum Gasteiger partial charge on any atom is -0.387 e. The number of ether oxygens (including phenoxy) is 2. The van der Waals surface area contributed by atoms with E-state index in [2.05, 4.69) is 49.5 Å². The maximum atomic E-state index is 13.5. The number of nitrogen functional groups attached to an aromatic ring is 2. The van der Waals surface area contributed by atoms with Crippen molar-refractivity contribution in [2.75, 3.05) is 24.7 Å². The summed E-state index contributed by atoms with van der Waals surface area (Å²) in [6, 6.07) is 1.44. The minimum atomic E-state index is -4.36. The topological polar surface area (TPSA) is 276 Å². The van der Waals surface area contributed by atoms with Crippen LogP contribution in [0.25, 0.3) is 22.1 Å². The Morgan fingerprint density at radius 3 is 2.38 bits per heavy atom. The third kappa shape index (κ3) is 5.57. The van der Waals surface area contributed by atoms with E-state index < -0.39 is 81.4 Å². The van der Waals surface area contributed by atoms with Crippen molar-refractivity contribution >= 4 is 71.9 Å². The molecular formula is C21H25N9O11P2S2. The number of aromatic nitrogens is 7. The van der Waals surface area contributed by atoms with Crippen molar-refractivity contribution in [2.45, 2.75) is 49.1 Å². The Kier molecular flexibility index (Phi) is 7.78. The maximum absolute atomic E-state index is 13.5. The van der Waals surface area contributed by atoms with Crippen LogP contribution in [-0.4, -0.2) is 94.3 Å². The molecule has 0 spiro atoms. The van der Waals surface area contributed by atoms with Gasteiger partial charge < -0.3 is 35.7 Å². The summed E-state index contributed by atoms with van der Waals surface area (Å²) in [5.74, 6) is -0.0499. The lowest BCUT2D eigenvalue weighted by Gasteiger charge is -2.26. The molecule has 3 aliphatic heterocycles. The van der Waals surface area contributed by atoms with Crippen molar-refractivity contribution in [2.24, 2.45) is 0 Å². The van der Waals surface area contributed by atoms with Crippen molar-refractivity contribution in [1.29, 1.82) is 0 Å². The number of aliphatic hydroxyl groups excluding tert-OH is 2. The number of hydrogen-bond acceptors (Lipinski definition) is 17. The summed E-state index contributed by atoms with van der Waals surface area (Å²) in [6.07, 6.45) is -7.03. The number of nitrogens with two attached hydrogens (primary N) is 2. The van der Waals surface area contributed by atoms with Gasteiger partial charge in [-0.05, 0) is 6.07 Å². The summed E-state index contributed by atoms with van der Waals surface area (Å²) >= 11 is 8.14. The van der Waals surface area contributed by atoms with E-state index in [-0.39, 0.29) is 28.4 Å². The SMILES string of the molecule is Nc1nc2c(ccn2[C@@H]2O[C@@H]3COP(=O)(S)OC4C(O)[C@H](n5ncc6c(N)ncnc65)O[C@@H]4COP(=O)(S)OC2C3O)c(=O)[nH]1. The van der Waals surface area contributed by atoms with Gasteiger partial charge in [0, 0.05) is 6.20 Å². The Bertz CT molecular complexity index is 1940. The molecule has 20 nitrogen and oxygen atoms in total. The third-order valence-electron chi connectivity index (χ3n) is 7.47. The lowest BCUT2D eigenvalue weighted by Crippen LogP contribution is -2.36. The molecule has 0 aromatic carbocycles. The Balaban J connectivity index is 1.21. The normalized spacial score (nSPS) is 37.7. The van der Waals surface area contributed by atoms with E-state index in [0.29, 0.717) is 5.39 Å². The first-order valence-corrected chi connectivity index (χ1v) is 18.5. The molecule has 3 saturated heterocycles. The summed E-state index contributed by atoms with van der Waals surface area (Å²) in [6.45, 7) is -9.83. The fraction of sp³-hybridized carbons (Fsp3) is 0.476. The minimum absolute atomic E-state index is 0.0725. The molecule has 45 heavy (non-hydrogen) atoms. The average molecular weight is 706 g/mol. The first kappa shape index (κ1) is 31.0. The zero-order chi connectivity index (χ0) is 31.8. The molecule has 0 saturated carbocycles. The number of nitrogens with zero attached hydrogens (tertiary/aromatic N) is 6. The van der Waals surface area contributed by atoms with Crippen LogP contribution in [-0.2, 0) is 36.7 Å². The summed E-state index contributed by atoms with van der Waals surface area (Å²) in [7, 11) is 0. The lowest BCUT2D eigenvalue weighted by atomic mass is 10.1. The highest BCUT2D eigenvalue weighted by molar-refractivity contribution is 8.44. The second kappa shape index (κ2) is 11.3. The van der Waals surface area contributed by atoms with Gasteiger partial charge in [-0.3, -0.25) is 27.9 Å². The third-order valence-corrected chi connectivity index (χ3v) is 10.7. The van der Waals surface area contributed by atoms with Crippen molar-refractivity contribution in [1.82, 2.24) is 34.3 Å². The van der Waals surface area contributed by atoms with Gasteiger partial charge in [-0.25, -0.2) is 23.8 Å². The number of hydrogen-bond donors (Lipinski definition) is 7. The van der Waals surface area contributed by atoms with E-state index >= 15 is 0 Å². The van der Waals surface area contributed by atoms with Gasteiger partial charge in [0.2, 0.25) is 5.95 Å². The summed E-state index contributed by atoms with van der Waals surface area (Å²) in [5.41, 5.74) is 11.4. The predicted octanol–water partition coefficient (Wildman–Crippen LogP) is 0.138. The first-order valence-electron chi connectivity index (χ1n) is 13.1. The highest BCUT2D eigenvalue weighted by Gasteiger charge is 2.53. The van der Waals surface area contributed by atoms with E-state index in [1.165, 1.54) is 34.0 Å². The molecule has 3 aliphatic rings. The van der Waals surface area contributed by atoms with E-state index in [4.69, 9.17) is 39.0 Å². The zero-order valence-electron chi connectivity index (χ0n) is 22.5. The molecular weight excluding hydrogens is 680 g/mol. The van der Waals surface area contributed by atoms with Gasteiger partial charge in [-0.2, -0.15) is 10.1 Å². The second-order valence-electron chi connectivity index (χ2n) is 10.3. The number of anilines is 2. The molecule has 6 unspecified atom stereocenters. The summed E-state index contributed by atoms with van der Waals surface area (Å²) in [5, 5.41) is 27.1. The van der Waals surface area contributed by atoms with E-state index in [0.717, 1.165) is 0 Å². The molecule has 10 atom stereocenters. The summed E-state index contributed by atoms with van der Waals surface area (Å²) in [4.78, 5) is 27.0. The number of aromatic amines is 1. The standard InChI is InChI=1S/C21H25N9O11P2S2/c22-15-8-3-26-30(16(8)25-6-24-15)19-12(32)13-10(39-19)5-37-43(35,45)41-14-11(31)9(4-36-42(34,44)40-13)38-20(14)29-2-1-7-17(29)27-21(23)28-18(7)33/h1-3,6,9-14,19-20,31-32H,4-5H2,(H,34,44)(H,35,45)(H2,22,24,25)(H3,23,27,28,33)/t9-,10-,11?,12?,13?,14?,19-,20-,42?,43?/m1/s1. The van der Waals surface area contributed by atoms with Gasteiger partial charge in [0.05, 0.1) is 30.2 Å². The molecule has 0 aliphatic carbocycles. The molecule has 0 amide bonds. The Hall–Kier alpha value is -2.59.